The topological polar surface area (TPSA) is 45.9 Å². The van der Waals surface area contributed by atoms with Gasteiger partial charge in [0.25, 0.3) is 0 Å². The molecule has 0 N–H and O–H groups in total. The molecule has 4 rings (SSSR count). The van der Waals surface area contributed by atoms with Gasteiger partial charge in [0.2, 0.25) is 0 Å². The normalized spacial score (nSPS) is 11.3. The van der Waals surface area contributed by atoms with Gasteiger partial charge in [-0.05, 0) is 48.0 Å². The van der Waals surface area contributed by atoms with Crippen LogP contribution in [-0.2, 0) is 0 Å². The molecule has 3 nitrogen and oxygen atoms in total. The van der Waals surface area contributed by atoms with Crippen LogP contribution in [0.15, 0.2) is 78.9 Å². The van der Waals surface area contributed by atoms with E-state index in [1.807, 2.05) is 84.9 Å². The molecule has 1 aromatic heterocycles. The third kappa shape index (κ3) is 3.49. The SMILES string of the molecule is N#C/C(=C/c1cccc(Oc2ccccc2)c1)c1nc2ccccc2s1. The molecule has 124 valence electrons. The van der Waals surface area contributed by atoms with Gasteiger partial charge in [0.1, 0.15) is 22.6 Å². The van der Waals surface area contributed by atoms with Crippen molar-refractivity contribution in [2.75, 3.05) is 0 Å². The minimum atomic E-state index is 0.545. The quantitative estimate of drug-likeness (QED) is 0.413. The zero-order valence-electron chi connectivity index (χ0n) is 13.8. The second-order valence-corrected chi connectivity index (χ2v) is 6.67. The maximum atomic E-state index is 9.59. The van der Waals surface area contributed by atoms with Gasteiger partial charge >= 0.3 is 0 Å². The summed E-state index contributed by atoms with van der Waals surface area (Å²) in [4.78, 5) is 4.57. The number of hydrogen-bond donors (Lipinski definition) is 0. The summed E-state index contributed by atoms with van der Waals surface area (Å²) in [6, 6.07) is 27.5. The number of thiazole rings is 1. The van der Waals surface area contributed by atoms with Gasteiger partial charge in [-0.2, -0.15) is 5.26 Å². The first-order valence-corrected chi connectivity index (χ1v) is 8.94. The second kappa shape index (κ2) is 7.22. The lowest BCUT2D eigenvalue weighted by Gasteiger charge is -2.06. The van der Waals surface area contributed by atoms with Gasteiger partial charge in [0.05, 0.1) is 15.8 Å². The van der Waals surface area contributed by atoms with E-state index in [1.54, 1.807) is 0 Å². The van der Waals surface area contributed by atoms with Crippen molar-refractivity contribution in [2.24, 2.45) is 0 Å². The molecule has 0 saturated carbocycles. The number of fused-ring (bicyclic) bond motifs is 1. The molecule has 0 fully saturated rings. The van der Waals surface area contributed by atoms with Crippen LogP contribution in [0.25, 0.3) is 21.9 Å². The molecule has 0 saturated heterocycles. The number of ether oxygens (including phenoxy) is 1. The average molecular weight is 354 g/mol. The standard InChI is InChI=1S/C22H14N2OS/c23-15-17(22-24-20-11-4-5-12-21(20)26-22)13-16-7-6-10-19(14-16)25-18-8-2-1-3-9-18/h1-14H/b17-13-. The highest BCUT2D eigenvalue weighted by molar-refractivity contribution is 7.19. The fourth-order valence-electron chi connectivity index (χ4n) is 2.59. The maximum absolute atomic E-state index is 9.59. The van der Waals surface area contributed by atoms with Crippen LogP contribution in [0.2, 0.25) is 0 Å². The van der Waals surface area contributed by atoms with Gasteiger partial charge in [-0.3, -0.25) is 0 Å². The third-order valence-corrected chi connectivity index (χ3v) is 4.86. The van der Waals surface area contributed by atoms with Gasteiger partial charge in [-0.1, -0.05) is 42.5 Å². The van der Waals surface area contributed by atoms with Crippen LogP contribution in [0.4, 0.5) is 0 Å². The van der Waals surface area contributed by atoms with Crippen molar-refractivity contribution >= 4 is 33.2 Å². The highest BCUT2D eigenvalue weighted by atomic mass is 32.1. The first-order valence-electron chi connectivity index (χ1n) is 8.12. The van der Waals surface area contributed by atoms with Crippen LogP contribution in [0, 0.1) is 11.3 Å². The van der Waals surface area contributed by atoms with E-state index in [9.17, 15) is 5.26 Å². The molecular formula is C22H14N2OS. The van der Waals surface area contributed by atoms with E-state index in [2.05, 4.69) is 11.1 Å². The Morgan fingerprint density at radius 3 is 2.50 bits per heavy atom. The van der Waals surface area contributed by atoms with Crippen molar-refractivity contribution in [1.29, 1.82) is 5.26 Å². The van der Waals surface area contributed by atoms with E-state index >= 15 is 0 Å². The van der Waals surface area contributed by atoms with E-state index < -0.39 is 0 Å². The molecule has 0 aliphatic carbocycles. The Kier molecular flexibility index (Phi) is 4.46. The minimum Gasteiger partial charge on any atom is -0.457 e. The zero-order valence-corrected chi connectivity index (χ0v) is 14.6. The van der Waals surface area contributed by atoms with Crippen LogP contribution in [0.5, 0.6) is 11.5 Å². The molecule has 3 aromatic carbocycles. The number of para-hydroxylation sites is 2. The van der Waals surface area contributed by atoms with Crippen molar-refractivity contribution in [3.05, 3.63) is 89.4 Å². The summed E-state index contributed by atoms with van der Waals surface area (Å²) in [7, 11) is 0. The minimum absolute atomic E-state index is 0.545. The molecule has 1 heterocycles. The molecule has 0 atom stereocenters. The summed E-state index contributed by atoms with van der Waals surface area (Å²) >= 11 is 1.52. The lowest BCUT2D eigenvalue weighted by molar-refractivity contribution is 0.482. The molecule has 0 aliphatic heterocycles. The Morgan fingerprint density at radius 1 is 0.923 bits per heavy atom. The number of benzene rings is 3. The molecule has 0 amide bonds. The Bertz CT molecular complexity index is 1090. The average Bonchev–Trinajstić information content (AvgIpc) is 3.11. The van der Waals surface area contributed by atoms with Gasteiger partial charge in [-0.15, -0.1) is 11.3 Å². The number of hydrogen-bond acceptors (Lipinski definition) is 4. The molecule has 0 unspecified atom stereocenters. The largest absolute Gasteiger partial charge is 0.457 e. The Morgan fingerprint density at radius 2 is 1.69 bits per heavy atom. The third-order valence-electron chi connectivity index (χ3n) is 3.79. The number of aromatic nitrogens is 1. The second-order valence-electron chi connectivity index (χ2n) is 5.64. The summed E-state index contributed by atoms with van der Waals surface area (Å²) < 4.78 is 6.94. The summed E-state index contributed by atoms with van der Waals surface area (Å²) in [5, 5.41) is 10.3. The molecule has 0 bridgehead atoms. The van der Waals surface area contributed by atoms with E-state index in [4.69, 9.17) is 4.74 Å². The van der Waals surface area contributed by atoms with Gasteiger partial charge in [0.15, 0.2) is 0 Å². The lowest BCUT2D eigenvalue weighted by Crippen LogP contribution is -1.85. The summed E-state index contributed by atoms with van der Waals surface area (Å²) in [6.45, 7) is 0. The van der Waals surface area contributed by atoms with Crippen LogP contribution in [-0.4, -0.2) is 4.98 Å². The maximum Gasteiger partial charge on any atom is 0.135 e. The smallest absolute Gasteiger partial charge is 0.135 e. The van der Waals surface area contributed by atoms with Crippen LogP contribution < -0.4 is 4.74 Å². The van der Waals surface area contributed by atoms with Crippen molar-refractivity contribution in [3.63, 3.8) is 0 Å². The first-order chi connectivity index (χ1) is 12.8. The van der Waals surface area contributed by atoms with Gasteiger partial charge in [0, 0.05) is 0 Å². The van der Waals surface area contributed by atoms with Crippen molar-refractivity contribution in [3.8, 4) is 17.6 Å². The number of allylic oxidation sites excluding steroid dienone is 1. The van der Waals surface area contributed by atoms with Crippen molar-refractivity contribution < 1.29 is 4.74 Å². The van der Waals surface area contributed by atoms with Crippen LogP contribution in [0.3, 0.4) is 0 Å². The van der Waals surface area contributed by atoms with Crippen molar-refractivity contribution in [2.45, 2.75) is 0 Å². The predicted molar refractivity (Wildman–Crippen MR) is 106 cm³/mol. The van der Waals surface area contributed by atoms with E-state index in [0.717, 1.165) is 32.3 Å². The van der Waals surface area contributed by atoms with E-state index in [-0.39, 0.29) is 0 Å². The van der Waals surface area contributed by atoms with Crippen LogP contribution >= 0.6 is 11.3 Å². The number of nitriles is 1. The Balaban J connectivity index is 1.65. The molecular weight excluding hydrogens is 340 g/mol. The fourth-order valence-corrected chi connectivity index (χ4v) is 3.52. The fraction of sp³-hybridized carbons (Fsp3) is 0. The van der Waals surface area contributed by atoms with Crippen molar-refractivity contribution in [1.82, 2.24) is 4.98 Å². The first kappa shape index (κ1) is 16.1. The van der Waals surface area contributed by atoms with E-state index in [1.165, 1.54) is 11.3 Å². The molecule has 4 aromatic rings. The summed E-state index contributed by atoms with van der Waals surface area (Å²) in [5.74, 6) is 1.51. The summed E-state index contributed by atoms with van der Waals surface area (Å²) in [5.41, 5.74) is 2.35. The number of nitrogens with zero attached hydrogens (tertiary/aromatic N) is 2. The summed E-state index contributed by atoms with van der Waals surface area (Å²) in [6.07, 6.45) is 1.84. The van der Waals surface area contributed by atoms with Crippen LogP contribution in [0.1, 0.15) is 10.6 Å². The zero-order chi connectivity index (χ0) is 17.8. The number of rotatable bonds is 4. The van der Waals surface area contributed by atoms with Gasteiger partial charge < -0.3 is 4.74 Å². The molecule has 0 spiro atoms. The molecule has 4 heteroatoms. The Labute approximate surface area is 155 Å². The molecule has 26 heavy (non-hydrogen) atoms. The molecule has 0 aliphatic rings. The highest BCUT2D eigenvalue weighted by Gasteiger charge is 2.08. The van der Waals surface area contributed by atoms with E-state index in [0.29, 0.717) is 5.57 Å². The molecule has 0 radical (unpaired) electrons. The highest BCUT2D eigenvalue weighted by Crippen LogP contribution is 2.29. The Hall–Kier alpha value is -3.42. The predicted octanol–water partition coefficient (Wildman–Crippen LogP) is 6.15. The monoisotopic (exact) mass is 354 g/mol. The lowest BCUT2D eigenvalue weighted by atomic mass is 10.1. The van der Waals surface area contributed by atoms with Gasteiger partial charge in [-0.25, -0.2) is 4.98 Å².